The molecule has 1 aliphatic carbocycles. The second-order valence-electron chi connectivity index (χ2n) is 5.73. The Labute approximate surface area is 123 Å². The number of rotatable bonds is 3. The Bertz CT molecular complexity index is 642. The molecule has 1 aliphatic rings. The van der Waals surface area contributed by atoms with Crippen LogP contribution in [0.25, 0.3) is 10.4 Å². The number of hydrogen-bond donors (Lipinski definition) is 1. The molecule has 0 saturated carbocycles. The van der Waals surface area contributed by atoms with Gasteiger partial charge in [-0.15, -0.1) is 11.3 Å². The minimum absolute atomic E-state index is 0.0654. The number of carbonyl (C=O) groups excluding carboxylic acids is 1. The zero-order valence-electron chi connectivity index (χ0n) is 11.9. The predicted octanol–water partition coefficient (Wildman–Crippen LogP) is 3.90. The van der Waals surface area contributed by atoms with Crippen LogP contribution in [0.2, 0.25) is 0 Å². The van der Waals surface area contributed by atoms with Gasteiger partial charge in [0.05, 0.1) is 4.88 Å². The summed E-state index contributed by atoms with van der Waals surface area (Å²) in [7, 11) is 0. The van der Waals surface area contributed by atoms with Crippen LogP contribution in [0.15, 0.2) is 30.3 Å². The summed E-state index contributed by atoms with van der Waals surface area (Å²) in [4.78, 5) is 14.3. The van der Waals surface area contributed by atoms with E-state index in [4.69, 9.17) is 0 Å². The van der Waals surface area contributed by atoms with Crippen molar-refractivity contribution in [1.82, 2.24) is 5.32 Å². The van der Waals surface area contributed by atoms with Gasteiger partial charge in [-0.3, -0.25) is 4.79 Å². The molecule has 0 radical (unpaired) electrons. The highest BCUT2D eigenvalue weighted by Crippen LogP contribution is 2.39. The Morgan fingerprint density at radius 2 is 2.00 bits per heavy atom. The van der Waals surface area contributed by atoms with Crippen molar-refractivity contribution in [2.75, 3.05) is 6.54 Å². The van der Waals surface area contributed by atoms with Crippen molar-refractivity contribution in [3.8, 4) is 10.4 Å². The fraction of sp³-hybridized carbons (Fsp3) is 0.353. The summed E-state index contributed by atoms with van der Waals surface area (Å²) in [5.74, 6) is 0.546. The van der Waals surface area contributed by atoms with Crippen molar-refractivity contribution in [2.24, 2.45) is 5.92 Å². The van der Waals surface area contributed by atoms with Gasteiger partial charge in [0.1, 0.15) is 0 Å². The Morgan fingerprint density at radius 3 is 2.80 bits per heavy atom. The third-order valence-corrected chi connectivity index (χ3v) is 4.84. The monoisotopic (exact) mass is 285 g/mol. The molecule has 0 atom stereocenters. The zero-order chi connectivity index (χ0) is 14.1. The summed E-state index contributed by atoms with van der Waals surface area (Å²) in [6.45, 7) is 4.95. The molecule has 0 saturated heterocycles. The molecule has 1 heterocycles. The van der Waals surface area contributed by atoms with Crippen molar-refractivity contribution < 1.29 is 4.79 Å². The lowest BCUT2D eigenvalue weighted by Gasteiger charge is -2.15. The minimum atomic E-state index is 0.0654. The highest BCUT2D eigenvalue weighted by Gasteiger charge is 2.21. The number of aryl methyl sites for hydroxylation is 2. The molecule has 3 heteroatoms. The molecule has 20 heavy (non-hydrogen) atoms. The number of carbonyl (C=O) groups is 1. The van der Waals surface area contributed by atoms with Gasteiger partial charge in [0.2, 0.25) is 0 Å². The van der Waals surface area contributed by atoms with Gasteiger partial charge < -0.3 is 5.32 Å². The van der Waals surface area contributed by atoms with Crippen molar-refractivity contribution in [2.45, 2.75) is 26.7 Å². The second kappa shape index (κ2) is 5.41. The van der Waals surface area contributed by atoms with E-state index >= 15 is 0 Å². The lowest BCUT2D eigenvalue weighted by Crippen LogP contribution is -2.26. The Morgan fingerprint density at radius 1 is 1.25 bits per heavy atom. The highest BCUT2D eigenvalue weighted by atomic mass is 32.1. The largest absolute Gasteiger partial charge is 0.351 e. The normalized spacial score (nSPS) is 12.9. The van der Waals surface area contributed by atoms with Crippen LogP contribution in [0.3, 0.4) is 0 Å². The maximum Gasteiger partial charge on any atom is 0.261 e. The van der Waals surface area contributed by atoms with Gasteiger partial charge in [-0.05, 0) is 41.5 Å². The van der Waals surface area contributed by atoms with E-state index in [-0.39, 0.29) is 5.91 Å². The number of hydrogen-bond acceptors (Lipinski definition) is 2. The van der Waals surface area contributed by atoms with Crippen LogP contribution in [-0.4, -0.2) is 12.5 Å². The topological polar surface area (TPSA) is 29.1 Å². The number of benzene rings is 1. The molecule has 1 aromatic heterocycles. The van der Waals surface area contributed by atoms with Crippen molar-refractivity contribution >= 4 is 17.2 Å². The Kier molecular flexibility index (Phi) is 3.62. The zero-order valence-corrected chi connectivity index (χ0v) is 12.7. The van der Waals surface area contributed by atoms with Gasteiger partial charge in [-0.1, -0.05) is 38.1 Å². The van der Waals surface area contributed by atoms with Gasteiger partial charge in [-0.25, -0.2) is 0 Å². The van der Waals surface area contributed by atoms with Gasteiger partial charge in [0.25, 0.3) is 5.91 Å². The molecule has 2 nitrogen and oxygen atoms in total. The average Bonchev–Trinajstić information content (AvgIpc) is 2.89. The average molecular weight is 285 g/mol. The van der Waals surface area contributed by atoms with E-state index in [1.807, 2.05) is 0 Å². The fourth-order valence-corrected chi connectivity index (χ4v) is 3.75. The summed E-state index contributed by atoms with van der Waals surface area (Å²) < 4.78 is 0. The lowest BCUT2D eigenvalue weighted by atomic mass is 9.91. The maximum absolute atomic E-state index is 12.2. The fourth-order valence-electron chi connectivity index (χ4n) is 2.57. The van der Waals surface area contributed by atoms with Gasteiger partial charge in [-0.2, -0.15) is 0 Å². The molecular formula is C17H19NOS. The van der Waals surface area contributed by atoms with Crippen molar-refractivity contribution in [3.63, 3.8) is 0 Å². The first-order valence-corrected chi connectivity index (χ1v) is 7.96. The van der Waals surface area contributed by atoms with Crippen LogP contribution in [0, 0.1) is 5.92 Å². The number of fused-ring (bicyclic) bond motifs is 3. The maximum atomic E-state index is 12.2. The first kappa shape index (κ1) is 13.4. The molecule has 0 spiro atoms. The van der Waals surface area contributed by atoms with E-state index in [9.17, 15) is 4.79 Å². The molecule has 3 rings (SSSR count). The van der Waals surface area contributed by atoms with Gasteiger partial charge >= 0.3 is 0 Å². The summed E-state index contributed by atoms with van der Waals surface area (Å²) in [6, 6.07) is 10.6. The first-order chi connectivity index (χ1) is 9.65. The molecule has 2 aromatic rings. The number of thiophene rings is 1. The summed E-state index contributed by atoms with van der Waals surface area (Å²) in [6.07, 6.45) is 2.12. The van der Waals surface area contributed by atoms with Crippen LogP contribution in [0.5, 0.6) is 0 Å². The van der Waals surface area contributed by atoms with Crippen molar-refractivity contribution in [1.29, 1.82) is 0 Å². The molecule has 104 valence electrons. The number of amides is 1. The SMILES string of the molecule is CC(C)CNC(=O)c1cc2c(s1)-c1ccccc1CC2. The standard InChI is InChI=1S/C17H19NOS/c1-11(2)10-18-17(19)15-9-13-8-7-12-5-3-4-6-14(12)16(13)20-15/h3-6,9,11H,7-8,10H2,1-2H3,(H,18,19). The van der Waals surface area contributed by atoms with E-state index < -0.39 is 0 Å². The molecule has 0 bridgehead atoms. The van der Waals surface area contributed by atoms with E-state index in [1.54, 1.807) is 11.3 Å². The van der Waals surface area contributed by atoms with E-state index in [0.29, 0.717) is 5.92 Å². The van der Waals surface area contributed by atoms with Crippen LogP contribution in [-0.2, 0) is 12.8 Å². The molecule has 1 amide bonds. The van der Waals surface area contributed by atoms with E-state index in [0.717, 1.165) is 24.3 Å². The first-order valence-electron chi connectivity index (χ1n) is 7.14. The molecule has 1 aromatic carbocycles. The van der Waals surface area contributed by atoms with Gasteiger partial charge in [0, 0.05) is 11.4 Å². The van der Waals surface area contributed by atoms with Crippen LogP contribution < -0.4 is 5.32 Å². The second-order valence-corrected chi connectivity index (χ2v) is 6.78. The van der Waals surface area contributed by atoms with Crippen molar-refractivity contribution in [3.05, 3.63) is 46.3 Å². The summed E-state index contributed by atoms with van der Waals surface area (Å²) in [5.41, 5.74) is 4.03. The predicted molar refractivity (Wildman–Crippen MR) is 84.3 cm³/mol. The minimum Gasteiger partial charge on any atom is -0.351 e. The third kappa shape index (κ3) is 2.50. The van der Waals surface area contributed by atoms with Crippen LogP contribution in [0.1, 0.15) is 34.6 Å². The Hall–Kier alpha value is -1.61. The summed E-state index contributed by atoms with van der Waals surface area (Å²) >= 11 is 1.63. The Balaban J connectivity index is 1.89. The quantitative estimate of drug-likeness (QED) is 0.910. The smallest absolute Gasteiger partial charge is 0.261 e. The summed E-state index contributed by atoms with van der Waals surface area (Å²) in [5, 5.41) is 3.00. The molecule has 0 aliphatic heterocycles. The van der Waals surface area contributed by atoms with E-state index in [1.165, 1.54) is 21.6 Å². The van der Waals surface area contributed by atoms with Crippen LogP contribution in [0.4, 0.5) is 0 Å². The number of nitrogens with one attached hydrogen (secondary N) is 1. The molecular weight excluding hydrogens is 266 g/mol. The highest BCUT2D eigenvalue weighted by molar-refractivity contribution is 7.17. The molecule has 0 unspecified atom stereocenters. The van der Waals surface area contributed by atoms with Crippen LogP contribution >= 0.6 is 11.3 Å². The van der Waals surface area contributed by atoms with E-state index in [2.05, 4.69) is 49.5 Å². The molecule has 0 fully saturated rings. The molecule has 1 N–H and O–H groups in total. The third-order valence-electron chi connectivity index (χ3n) is 3.63. The van der Waals surface area contributed by atoms with Gasteiger partial charge in [0.15, 0.2) is 0 Å². The lowest BCUT2D eigenvalue weighted by molar-refractivity contribution is 0.0953.